The first-order valence-electron chi connectivity index (χ1n) is 5.85. The molecule has 0 saturated carbocycles. The third-order valence-electron chi connectivity index (χ3n) is 2.34. The summed E-state index contributed by atoms with van der Waals surface area (Å²) in [4.78, 5) is 10.9. The van der Waals surface area contributed by atoms with Crippen molar-refractivity contribution in [1.82, 2.24) is 9.97 Å². The van der Waals surface area contributed by atoms with E-state index in [1.807, 2.05) is 13.0 Å². The lowest BCUT2D eigenvalue weighted by atomic mass is 10.2. The Hall–Kier alpha value is -0.830. The lowest BCUT2D eigenvalue weighted by molar-refractivity contribution is 0.613. The molecular weight excluding hydrogens is 222 g/mol. The largest absolute Gasteiger partial charge is 0.356 e. The predicted octanol–water partition coefficient (Wildman–Crippen LogP) is 3.17. The molecule has 1 rings (SSSR count). The summed E-state index contributed by atoms with van der Waals surface area (Å²) in [5.41, 5.74) is 0. The zero-order chi connectivity index (χ0) is 12.1. The molecule has 3 nitrogen and oxygen atoms in total. The number of halogens is 1. The van der Waals surface area contributed by atoms with Crippen molar-refractivity contribution in [2.24, 2.45) is 5.92 Å². The van der Waals surface area contributed by atoms with Crippen LogP contribution in [0.1, 0.15) is 33.5 Å². The smallest absolute Gasteiger partial charge is 0.134 e. The molecule has 0 spiro atoms. The number of aryl methyl sites for hydroxylation is 1. The van der Waals surface area contributed by atoms with Gasteiger partial charge in [0.1, 0.15) is 16.8 Å². The quantitative estimate of drug-likeness (QED) is 0.742. The molecule has 0 aromatic carbocycles. The van der Waals surface area contributed by atoms with Crippen LogP contribution in [0.3, 0.4) is 0 Å². The molecule has 0 saturated heterocycles. The first-order chi connectivity index (χ1) is 7.56. The van der Waals surface area contributed by atoms with Gasteiger partial charge in [-0.3, -0.25) is 0 Å². The summed E-state index contributed by atoms with van der Waals surface area (Å²) in [6, 6.07) is 1.84. The zero-order valence-corrected chi connectivity index (χ0v) is 11.3. The Labute approximate surface area is 103 Å². The lowest BCUT2D eigenvalue weighted by Gasteiger charge is -2.24. The van der Waals surface area contributed by atoms with Crippen molar-refractivity contribution in [3.8, 4) is 0 Å². The monoisotopic (exact) mass is 241 g/mol. The fourth-order valence-electron chi connectivity index (χ4n) is 1.60. The maximum absolute atomic E-state index is 5.99. The summed E-state index contributed by atoms with van der Waals surface area (Å²) in [6.45, 7) is 10.5. The first kappa shape index (κ1) is 13.2. The van der Waals surface area contributed by atoms with Gasteiger partial charge in [0.05, 0.1) is 0 Å². The third kappa shape index (κ3) is 3.63. The normalized spacial score (nSPS) is 10.9. The van der Waals surface area contributed by atoms with Gasteiger partial charge >= 0.3 is 0 Å². The van der Waals surface area contributed by atoms with Gasteiger partial charge in [0.15, 0.2) is 0 Å². The van der Waals surface area contributed by atoms with Crippen LogP contribution in [0.25, 0.3) is 0 Å². The molecular formula is C12H20ClN3. The standard InChI is InChI=1S/C12H20ClN3/c1-5-11-14-10(13)7-12(15-11)16(6-2)8-9(3)4/h7,9H,5-6,8H2,1-4H3. The fraction of sp³-hybridized carbons (Fsp3) is 0.667. The summed E-state index contributed by atoms with van der Waals surface area (Å²) in [7, 11) is 0. The SMILES string of the molecule is CCc1nc(Cl)cc(N(CC)CC(C)C)n1. The number of hydrogen-bond acceptors (Lipinski definition) is 3. The van der Waals surface area contributed by atoms with E-state index in [-0.39, 0.29) is 0 Å². The summed E-state index contributed by atoms with van der Waals surface area (Å²) in [5.74, 6) is 2.36. The average Bonchev–Trinajstić information content (AvgIpc) is 2.24. The minimum atomic E-state index is 0.532. The van der Waals surface area contributed by atoms with Gasteiger partial charge in [-0.1, -0.05) is 32.4 Å². The number of nitrogens with zero attached hydrogens (tertiary/aromatic N) is 3. The molecule has 0 unspecified atom stereocenters. The minimum Gasteiger partial charge on any atom is -0.356 e. The molecule has 0 radical (unpaired) electrons. The highest BCUT2D eigenvalue weighted by atomic mass is 35.5. The van der Waals surface area contributed by atoms with E-state index in [1.165, 1.54) is 0 Å². The van der Waals surface area contributed by atoms with E-state index in [9.17, 15) is 0 Å². The van der Waals surface area contributed by atoms with Gasteiger partial charge in [-0.15, -0.1) is 0 Å². The number of hydrogen-bond donors (Lipinski definition) is 0. The second-order valence-corrected chi connectivity index (χ2v) is 4.64. The van der Waals surface area contributed by atoms with Crippen molar-refractivity contribution < 1.29 is 0 Å². The second kappa shape index (κ2) is 6.04. The van der Waals surface area contributed by atoms with Crippen LogP contribution in [0, 0.1) is 5.92 Å². The molecule has 0 aliphatic rings. The van der Waals surface area contributed by atoms with E-state index >= 15 is 0 Å². The maximum atomic E-state index is 5.99. The van der Waals surface area contributed by atoms with Crippen LogP contribution in [0.15, 0.2) is 6.07 Å². The Kier molecular flexibility index (Phi) is 5.00. The summed E-state index contributed by atoms with van der Waals surface area (Å²) < 4.78 is 0. The Morgan fingerprint density at radius 2 is 2.00 bits per heavy atom. The van der Waals surface area contributed by atoms with Crippen LogP contribution in [0.4, 0.5) is 5.82 Å². The van der Waals surface area contributed by atoms with Crippen molar-refractivity contribution in [2.75, 3.05) is 18.0 Å². The topological polar surface area (TPSA) is 29.0 Å². The van der Waals surface area contributed by atoms with Crippen molar-refractivity contribution in [3.63, 3.8) is 0 Å². The van der Waals surface area contributed by atoms with E-state index in [0.29, 0.717) is 11.1 Å². The first-order valence-corrected chi connectivity index (χ1v) is 6.23. The van der Waals surface area contributed by atoms with Crippen LogP contribution in [-0.2, 0) is 6.42 Å². The summed E-state index contributed by atoms with van der Waals surface area (Å²) in [6.07, 6.45) is 0.812. The Morgan fingerprint density at radius 3 is 2.50 bits per heavy atom. The average molecular weight is 242 g/mol. The maximum Gasteiger partial charge on any atom is 0.134 e. The molecule has 0 N–H and O–H groups in total. The molecule has 90 valence electrons. The Bertz CT molecular complexity index is 339. The van der Waals surface area contributed by atoms with Crippen molar-refractivity contribution >= 4 is 17.4 Å². The highest BCUT2D eigenvalue weighted by Crippen LogP contribution is 2.17. The van der Waals surface area contributed by atoms with E-state index in [1.54, 1.807) is 0 Å². The van der Waals surface area contributed by atoms with Gasteiger partial charge in [-0.25, -0.2) is 9.97 Å². The van der Waals surface area contributed by atoms with Crippen molar-refractivity contribution in [2.45, 2.75) is 34.1 Å². The summed E-state index contributed by atoms with van der Waals surface area (Å²) >= 11 is 5.99. The van der Waals surface area contributed by atoms with Crippen LogP contribution in [0.5, 0.6) is 0 Å². The van der Waals surface area contributed by atoms with Crippen LogP contribution < -0.4 is 4.90 Å². The number of anilines is 1. The highest BCUT2D eigenvalue weighted by molar-refractivity contribution is 6.29. The van der Waals surface area contributed by atoms with Crippen LogP contribution in [0.2, 0.25) is 5.15 Å². The van der Waals surface area contributed by atoms with Crippen LogP contribution in [-0.4, -0.2) is 23.1 Å². The molecule has 0 amide bonds. The summed E-state index contributed by atoms with van der Waals surface area (Å²) in [5, 5.41) is 0.532. The van der Waals surface area contributed by atoms with E-state index < -0.39 is 0 Å². The Balaban J connectivity index is 2.95. The molecule has 0 aliphatic heterocycles. The van der Waals surface area contributed by atoms with E-state index in [0.717, 1.165) is 31.2 Å². The molecule has 1 aromatic heterocycles. The molecule has 1 heterocycles. The van der Waals surface area contributed by atoms with Gasteiger partial charge in [0, 0.05) is 25.6 Å². The zero-order valence-electron chi connectivity index (χ0n) is 10.5. The van der Waals surface area contributed by atoms with Gasteiger partial charge in [-0.2, -0.15) is 0 Å². The fourth-order valence-corrected chi connectivity index (χ4v) is 1.79. The lowest BCUT2D eigenvalue weighted by Crippen LogP contribution is -2.28. The predicted molar refractivity (Wildman–Crippen MR) is 69.1 cm³/mol. The molecule has 0 aliphatic carbocycles. The van der Waals surface area contributed by atoms with E-state index in [2.05, 4.69) is 35.6 Å². The second-order valence-electron chi connectivity index (χ2n) is 4.25. The van der Waals surface area contributed by atoms with Gasteiger partial charge in [0.2, 0.25) is 0 Å². The van der Waals surface area contributed by atoms with Crippen molar-refractivity contribution in [3.05, 3.63) is 17.0 Å². The van der Waals surface area contributed by atoms with Gasteiger partial charge < -0.3 is 4.90 Å². The van der Waals surface area contributed by atoms with E-state index in [4.69, 9.17) is 11.6 Å². The number of aromatic nitrogens is 2. The molecule has 0 fully saturated rings. The molecule has 4 heteroatoms. The highest BCUT2D eigenvalue weighted by Gasteiger charge is 2.10. The number of rotatable bonds is 5. The Morgan fingerprint density at radius 1 is 1.31 bits per heavy atom. The van der Waals surface area contributed by atoms with Gasteiger partial charge in [-0.05, 0) is 12.8 Å². The minimum absolute atomic E-state index is 0.532. The molecule has 1 aromatic rings. The molecule has 0 bridgehead atoms. The van der Waals surface area contributed by atoms with Crippen LogP contribution >= 0.6 is 11.6 Å². The van der Waals surface area contributed by atoms with Crippen molar-refractivity contribution in [1.29, 1.82) is 0 Å². The molecule has 16 heavy (non-hydrogen) atoms. The molecule has 0 atom stereocenters. The third-order valence-corrected chi connectivity index (χ3v) is 2.53. The van der Waals surface area contributed by atoms with Gasteiger partial charge in [0.25, 0.3) is 0 Å².